The lowest BCUT2D eigenvalue weighted by Crippen LogP contribution is -2.67. The normalized spacial score (nSPS) is 14.0. The first-order valence-corrected chi connectivity index (χ1v) is 10.2. The van der Waals surface area contributed by atoms with Crippen molar-refractivity contribution in [2.24, 2.45) is 0 Å². The molecule has 0 saturated heterocycles. The van der Waals surface area contributed by atoms with Crippen LogP contribution in [0, 0.1) is 0 Å². The molecule has 0 saturated carbocycles. The summed E-state index contributed by atoms with van der Waals surface area (Å²) in [6, 6.07) is 33.4. The highest BCUT2D eigenvalue weighted by Crippen LogP contribution is 2.37. The number of hydrogen-bond donors (Lipinski definition) is 0. The summed E-state index contributed by atoms with van der Waals surface area (Å²) in [5, 5.41) is 6.15. The molecule has 0 N–H and O–H groups in total. The molecule has 0 fully saturated rings. The molecule has 3 aromatic carbocycles. The molecule has 1 aliphatic rings. The Hall–Kier alpha value is -2.38. The quantitative estimate of drug-likeness (QED) is 0.511. The van der Waals surface area contributed by atoms with Gasteiger partial charge in [0.15, 0.2) is 8.07 Å². The molecule has 0 nitrogen and oxygen atoms in total. The molecular formula is C22H20Si. The lowest BCUT2D eigenvalue weighted by Gasteiger charge is -2.32. The SMILES string of the molecule is CC1=C([Si](c2ccccc2)(c2ccccc2)c2ccccc2)C1. The number of allylic oxidation sites excluding steroid dienone is 2. The fraction of sp³-hybridized carbons (Fsp3) is 0.0909. The Bertz CT molecular complexity index is 736. The summed E-state index contributed by atoms with van der Waals surface area (Å²) in [6.07, 6.45) is 1.19. The van der Waals surface area contributed by atoms with Crippen molar-refractivity contribution in [2.75, 3.05) is 0 Å². The van der Waals surface area contributed by atoms with E-state index < -0.39 is 8.07 Å². The van der Waals surface area contributed by atoms with Crippen LogP contribution in [-0.4, -0.2) is 8.07 Å². The van der Waals surface area contributed by atoms with Gasteiger partial charge in [0.2, 0.25) is 0 Å². The van der Waals surface area contributed by atoms with Crippen LogP contribution in [0.25, 0.3) is 0 Å². The van der Waals surface area contributed by atoms with Gasteiger partial charge in [0.05, 0.1) is 0 Å². The molecule has 0 aliphatic heterocycles. The van der Waals surface area contributed by atoms with Gasteiger partial charge in [-0.2, -0.15) is 0 Å². The molecule has 1 aliphatic carbocycles. The molecule has 0 aromatic heterocycles. The van der Waals surface area contributed by atoms with Crippen LogP contribution >= 0.6 is 0 Å². The third-order valence-corrected chi connectivity index (χ3v) is 10.0. The van der Waals surface area contributed by atoms with Crippen LogP contribution in [0.15, 0.2) is 102 Å². The molecule has 0 amide bonds. The van der Waals surface area contributed by atoms with Crippen molar-refractivity contribution in [2.45, 2.75) is 13.3 Å². The van der Waals surface area contributed by atoms with E-state index in [0.29, 0.717) is 0 Å². The van der Waals surface area contributed by atoms with Crippen LogP contribution in [0.5, 0.6) is 0 Å². The van der Waals surface area contributed by atoms with Crippen LogP contribution in [0.4, 0.5) is 0 Å². The van der Waals surface area contributed by atoms with Gasteiger partial charge in [0.25, 0.3) is 0 Å². The van der Waals surface area contributed by atoms with Crippen molar-refractivity contribution >= 4 is 23.6 Å². The summed E-state index contributed by atoms with van der Waals surface area (Å²) in [5.41, 5.74) is 1.58. The van der Waals surface area contributed by atoms with Gasteiger partial charge in [-0.15, -0.1) is 0 Å². The predicted octanol–water partition coefficient (Wildman–Crippen LogP) is 3.42. The summed E-state index contributed by atoms with van der Waals surface area (Å²) in [4.78, 5) is 0. The average Bonchev–Trinajstić information content (AvgIpc) is 3.35. The maximum Gasteiger partial charge on any atom is 0.175 e. The van der Waals surface area contributed by atoms with Gasteiger partial charge in [0, 0.05) is 0 Å². The number of benzene rings is 3. The molecule has 1 heteroatoms. The van der Waals surface area contributed by atoms with Gasteiger partial charge in [-0.25, -0.2) is 0 Å². The summed E-state index contributed by atoms with van der Waals surface area (Å²) >= 11 is 0. The maximum atomic E-state index is 2.32. The van der Waals surface area contributed by atoms with Crippen LogP contribution in [0.2, 0.25) is 0 Å². The average molecular weight is 312 g/mol. The Morgan fingerprint density at radius 1 is 0.565 bits per heavy atom. The molecule has 0 unspecified atom stereocenters. The van der Waals surface area contributed by atoms with Gasteiger partial charge in [-0.05, 0) is 28.9 Å². The highest BCUT2D eigenvalue weighted by Gasteiger charge is 2.47. The first-order chi connectivity index (χ1) is 11.3. The number of hydrogen-bond acceptors (Lipinski definition) is 0. The molecule has 0 spiro atoms. The van der Waals surface area contributed by atoms with E-state index in [1.165, 1.54) is 22.0 Å². The molecule has 4 rings (SSSR count). The van der Waals surface area contributed by atoms with E-state index in [0.717, 1.165) is 0 Å². The van der Waals surface area contributed by atoms with E-state index in [4.69, 9.17) is 0 Å². The van der Waals surface area contributed by atoms with Crippen molar-refractivity contribution in [1.29, 1.82) is 0 Å². The van der Waals surface area contributed by atoms with Crippen LogP contribution < -0.4 is 15.6 Å². The predicted molar refractivity (Wildman–Crippen MR) is 101 cm³/mol. The van der Waals surface area contributed by atoms with Gasteiger partial charge in [0.1, 0.15) is 0 Å². The van der Waals surface area contributed by atoms with E-state index >= 15 is 0 Å². The molecule has 0 atom stereocenters. The minimum atomic E-state index is -2.07. The second-order valence-electron chi connectivity index (χ2n) is 6.28. The highest BCUT2D eigenvalue weighted by atomic mass is 28.3. The Balaban J connectivity index is 2.07. The van der Waals surface area contributed by atoms with Gasteiger partial charge in [-0.1, -0.05) is 102 Å². The van der Waals surface area contributed by atoms with E-state index in [1.54, 1.807) is 10.8 Å². The molecule has 112 valence electrons. The Kier molecular flexibility index (Phi) is 3.51. The largest absolute Gasteiger partial charge is 0.175 e. The molecule has 0 bridgehead atoms. The summed E-state index contributed by atoms with van der Waals surface area (Å²) in [6.45, 7) is 2.30. The van der Waals surface area contributed by atoms with Crippen LogP contribution in [0.1, 0.15) is 13.3 Å². The molecule has 23 heavy (non-hydrogen) atoms. The van der Waals surface area contributed by atoms with Gasteiger partial charge >= 0.3 is 0 Å². The van der Waals surface area contributed by atoms with E-state index in [9.17, 15) is 0 Å². The lowest BCUT2D eigenvalue weighted by atomic mass is 10.3. The minimum Gasteiger partial charge on any atom is -0.0729 e. The molecular weight excluding hydrogens is 292 g/mol. The van der Waals surface area contributed by atoms with Crippen LogP contribution in [-0.2, 0) is 0 Å². The zero-order valence-corrected chi connectivity index (χ0v) is 14.4. The van der Waals surface area contributed by atoms with E-state index in [2.05, 4.69) is 97.9 Å². The van der Waals surface area contributed by atoms with E-state index in [1.807, 2.05) is 0 Å². The first-order valence-electron chi connectivity index (χ1n) is 8.19. The summed E-state index contributed by atoms with van der Waals surface area (Å²) in [7, 11) is -2.07. The van der Waals surface area contributed by atoms with Crippen molar-refractivity contribution in [3.63, 3.8) is 0 Å². The third kappa shape index (κ3) is 2.29. The lowest BCUT2D eigenvalue weighted by molar-refractivity contribution is 1.47. The summed E-state index contributed by atoms with van der Waals surface area (Å²) < 4.78 is 0. The molecule has 3 aromatic rings. The van der Waals surface area contributed by atoms with Crippen molar-refractivity contribution in [3.05, 3.63) is 102 Å². The minimum absolute atomic E-state index is 1.19. The summed E-state index contributed by atoms with van der Waals surface area (Å²) in [5.74, 6) is 0. The van der Waals surface area contributed by atoms with Gasteiger partial charge in [-0.3, -0.25) is 0 Å². The zero-order valence-electron chi connectivity index (χ0n) is 13.4. The van der Waals surface area contributed by atoms with Crippen molar-refractivity contribution in [1.82, 2.24) is 0 Å². The van der Waals surface area contributed by atoms with Gasteiger partial charge < -0.3 is 0 Å². The Labute approximate surface area is 139 Å². The second-order valence-corrected chi connectivity index (χ2v) is 10.1. The van der Waals surface area contributed by atoms with E-state index in [-0.39, 0.29) is 0 Å². The standard InChI is InChI=1S/C22H20Si/c1-18-17-22(18)23(19-11-5-2-6-12-19,20-13-7-3-8-14-20)21-15-9-4-10-16-21/h2-16H,17H2,1H3. The Morgan fingerprint density at radius 3 is 1.13 bits per heavy atom. The smallest absolute Gasteiger partial charge is 0.0729 e. The topological polar surface area (TPSA) is 0 Å². The van der Waals surface area contributed by atoms with Crippen LogP contribution in [0.3, 0.4) is 0 Å². The third-order valence-electron chi connectivity index (χ3n) is 4.91. The Morgan fingerprint density at radius 2 is 0.870 bits per heavy atom. The maximum absolute atomic E-state index is 2.32. The van der Waals surface area contributed by atoms with Crippen molar-refractivity contribution < 1.29 is 0 Å². The second kappa shape index (κ2) is 5.67. The fourth-order valence-corrected chi connectivity index (χ4v) is 9.05. The zero-order chi connectivity index (χ0) is 15.7. The fourth-order valence-electron chi connectivity index (χ4n) is 3.76. The van der Waals surface area contributed by atoms with Crippen molar-refractivity contribution in [3.8, 4) is 0 Å². The molecule has 0 radical (unpaired) electrons. The highest BCUT2D eigenvalue weighted by molar-refractivity contribution is 7.16. The molecule has 0 heterocycles. The number of rotatable bonds is 4. The first kappa shape index (κ1) is 14.2. The monoisotopic (exact) mass is 312 g/mol.